The van der Waals surface area contributed by atoms with Crippen molar-refractivity contribution < 1.29 is 9.59 Å². The molecule has 0 aliphatic rings. The van der Waals surface area contributed by atoms with Crippen LogP contribution < -0.4 is 5.32 Å². The number of anilines is 1. The van der Waals surface area contributed by atoms with Gasteiger partial charge in [-0.05, 0) is 25.1 Å². The number of para-hydroxylation sites is 1. The normalized spacial score (nSPS) is 10.4. The van der Waals surface area contributed by atoms with Crippen LogP contribution in [-0.2, 0) is 4.79 Å². The molecule has 20 heavy (non-hydrogen) atoms. The number of benzene rings is 2. The molecule has 0 atom stereocenters. The van der Waals surface area contributed by atoms with Gasteiger partial charge in [0, 0.05) is 23.0 Å². The van der Waals surface area contributed by atoms with Crippen molar-refractivity contribution in [2.45, 2.75) is 6.92 Å². The van der Waals surface area contributed by atoms with Crippen LogP contribution in [0, 0.1) is 0 Å². The second-order valence-corrected chi connectivity index (χ2v) is 4.33. The van der Waals surface area contributed by atoms with E-state index in [0.29, 0.717) is 16.8 Å². The van der Waals surface area contributed by atoms with E-state index in [0.717, 1.165) is 0 Å². The Hall–Kier alpha value is -2.68. The maximum atomic E-state index is 12.4. The first-order valence-corrected chi connectivity index (χ1v) is 6.31. The summed E-state index contributed by atoms with van der Waals surface area (Å²) in [7, 11) is 0. The monoisotopic (exact) mass is 265 g/mol. The minimum Gasteiger partial charge on any atom is -0.361 e. The highest BCUT2D eigenvalue weighted by molar-refractivity contribution is 6.12. The lowest BCUT2D eigenvalue weighted by molar-refractivity contribution is -0.112. The van der Waals surface area contributed by atoms with E-state index in [1.165, 1.54) is 13.0 Å². The van der Waals surface area contributed by atoms with Gasteiger partial charge in [-0.3, -0.25) is 9.59 Å². The molecule has 0 saturated heterocycles. The summed E-state index contributed by atoms with van der Waals surface area (Å²) >= 11 is 0. The lowest BCUT2D eigenvalue weighted by atomic mass is 10.0. The predicted molar refractivity (Wildman–Crippen MR) is 79.8 cm³/mol. The second-order valence-electron chi connectivity index (χ2n) is 4.33. The van der Waals surface area contributed by atoms with Crippen LogP contribution in [0.25, 0.3) is 0 Å². The summed E-state index contributed by atoms with van der Waals surface area (Å²) in [5, 5.41) is 2.97. The maximum absolute atomic E-state index is 12.4. The molecule has 3 nitrogen and oxygen atoms in total. The molecular weight excluding hydrogens is 250 g/mol. The van der Waals surface area contributed by atoms with Crippen LogP contribution in [0.3, 0.4) is 0 Å². The molecular formula is C17H15NO2. The second kappa shape index (κ2) is 6.48. The first-order chi connectivity index (χ1) is 9.68. The average Bonchev–Trinajstić information content (AvgIpc) is 2.47. The minimum absolute atomic E-state index is 0.0510. The molecule has 0 spiro atoms. The highest BCUT2D eigenvalue weighted by Crippen LogP contribution is 2.19. The summed E-state index contributed by atoms with van der Waals surface area (Å²) in [5.74, 6) is -0.103. The summed E-state index contributed by atoms with van der Waals surface area (Å²) in [6.45, 7) is 1.47. The molecule has 0 fully saturated rings. The van der Waals surface area contributed by atoms with Crippen LogP contribution >= 0.6 is 0 Å². The maximum Gasteiger partial charge on any atom is 0.195 e. The molecule has 2 rings (SSSR count). The highest BCUT2D eigenvalue weighted by atomic mass is 16.1. The fraction of sp³-hybridized carbons (Fsp3) is 0.0588. The first-order valence-electron chi connectivity index (χ1n) is 6.31. The van der Waals surface area contributed by atoms with E-state index >= 15 is 0 Å². The lowest BCUT2D eigenvalue weighted by Gasteiger charge is -2.08. The van der Waals surface area contributed by atoms with Gasteiger partial charge in [-0.2, -0.15) is 0 Å². The molecule has 0 unspecified atom stereocenters. The van der Waals surface area contributed by atoms with Gasteiger partial charge in [-0.1, -0.05) is 42.5 Å². The third-order valence-electron chi connectivity index (χ3n) is 2.76. The highest BCUT2D eigenvalue weighted by Gasteiger charge is 2.11. The first kappa shape index (κ1) is 13.7. The predicted octanol–water partition coefficient (Wildman–Crippen LogP) is 3.43. The van der Waals surface area contributed by atoms with Crippen LogP contribution in [-0.4, -0.2) is 11.6 Å². The van der Waals surface area contributed by atoms with E-state index in [9.17, 15) is 9.59 Å². The Bertz CT molecular complexity index is 645. The van der Waals surface area contributed by atoms with Crippen molar-refractivity contribution in [1.82, 2.24) is 0 Å². The van der Waals surface area contributed by atoms with Gasteiger partial charge in [0.1, 0.15) is 0 Å². The molecule has 2 aromatic carbocycles. The van der Waals surface area contributed by atoms with Gasteiger partial charge in [-0.15, -0.1) is 0 Å². The largest absolute Gasteiger partial charge is 0.361 e. The van der Waals surface area contributed by atoms with Gasteiger partial charge < -0.3 is 5.32 Å². The Balaban J connectivity index is 2.28. The van der Waals surface area contributed by atoms with Gasteiger partial charge in [0.05, 0.1) is 0 Å². The van der Waals surface area contributed by atoms with E-state index in [-0.39, 0.29) is 11.6 Å². The summed E-state index contributed by atoms with van der Waals surface area (Å²) < 4.78 is 0. The number of hydrogen-bond acceptors (Lipinski definition) is 3. The molecule has 0 aromatic heterocycles. The molecule has 100 valence electrons. The zero-order chi connectivity index (χ0) is 14.4. The van der Waals surface area contributed by atoms with Crippen LogP contribution in [0.2, 0.25) is 0 Å². The van der Waals surface area contributed by atoms with E-state index in [1.54, 1.807) is 30.5 Å². The van der Waals surface area contributed by atoms with E-state index in [4.69, 9.17) is 0 Å². The molecule has 0 bridgehead atoms. The number of ketones is 2. The van der Waals surface area contributed by atoms with Gasteiger partial charge in [-0.25, -0.2) is 0 Å². The summed E-state index contributed by atoms with van der Waals surface area (Å²) in [4.78, 5) is 23.3. The number of nitrogens with one attached hydrogen (secondary N) is 1. The van der Waals surface area contributed by atoms with E-state index in [1.807, 2.05) is 30.3 Å². The Morgan fingerprint density at radius 3 is 2.30 bits per heavy atom. The van der Waals surface area contributed by atoms with Crippen molar-refractivity contribution in [3.8, 4) is 0 Å². The lowest BCUT2D eigenvalue weighted by Crippen LogP contribution is -2.05. The molecule has 0 radical (unpaired) electrons. The standard InChI is InChI=1S/C17H15NO2/c1-13(19)11-12-18-16-10-6-5-9-15(16)17(20)14-7-3-2-4-8-14/h2-12,18H,1H3/b12-11-. The van der Waals surface area contributed by atoms with Crippen LogP contribution in [0.4, 0.5) is 5.69 Å². The van der Waals surface area contributed by atoms with Gasteiger partial charge in [0.2, 0.25) is 0 Å². The SMILES string of the molecule is CC(=O)/C=C\Nc1ccccc1C(=O)c1ccccc1. The van der Waals surface area contributed by atoms with Crippen LogP contribution in [0.5, 0.6) is 0 Å². The molecule has 0 saturated carbocycles. The fourth-order valence-corrected chi connectivity index (χ4v) is 1.80. The Labute approximate surface area is 117 Å². The van der Waals surface area contributed by atoms with Crippen molar-refractivity contribution in [2.24, 2.45) is 0 Å². The molecule has 2 aromatic rings. The topological polar surface area (TPSA) is 46.2 Å². The van der Waals surface area contributed by atoms with Crippen molar-refractivity contribution in [3.63, 3.8) is 0 Å². The number of carbonyl (C=O) groups excluding carboxylic acids is 2. The zero-order valence-electron chi connectivity index (χ0n) is 11.2. The number of hydrogen-bond donors (Lipinski definition) is 1. The molecule has 3 heteroatoms. The van der Waals surface area contributed by atoms with Gasteiger partial charge in [0.15, 0.2) is 11.6 Å². The van der Waals surface area contributed by atoms with Crippen molar-refractivity contribution in [3.05, 3.63) is 78.0 Å². The van der Waals surface area contributed by atoms with Crippen LogP contribution in [0.1, 0.15) is 22.8 Å². The quantitative estimate of drug-likeness (QED) is 0.665. The van der Waals surface area contributed by atoms with Crippen molar-refractivity contribution in [2.75, 3.05) is 5.32 Å². The number of carbonyl (C=O) groups is 2. The summed E-state index contributed by atoms with van der Waals surface area (Å²) in [5.41, 5.74) is 1.89. The summed E-state index contributed by atoms with van der Waals surface area (Å²) in [6, 6.07) is 16.3. The smallest absolute Gasteiger partial charge is 0.195 e. The third-order valence-corrected chi connectivity index (χ3v) is 2.76. The zero-order valence-corrected chi connectivity index (χ0v) is 11.2. The van der Waals surface area contributed by atoms with Gasteiger partial charge in [0.25, 0.3) is 0 Å². The molecule has 0 aliphatic carbocycles. The number of rotatable bonds is 5. The summed E-state index contributed by atoms with van der Waals surface area (Å²) in [6.07, 6.45) is 2.96. The Kier molecular flexibility index (Phi) is 4.45. The molecule has 1 N–H and O–H groups in total. The minimum atomic E-state index is -0.0515. The molecule has 0 amide bonds. The molecule has 0 heterocycles. The van der Waals surface area contributed by atoms with Crippen molar-refractivity contribution in [1.29, 1.82) is 0 Å². The molecule has 0 aliphatic heterocycles. The van der Waals surface area contributed by atoms with Crippen molar-refractivity contribution >= 4 is 17.3 Å². The fourth-order valence-electron chi connectivity index (χ4n) is 1.80. The third kappa shape index (κ3) is 3.42. The Morgan fingerprint density at radius 2 is 1.60 bits per heavy atom. The van der Waals surface area contributed by atoms with E-state index in [2.05, 4.69) is 5.32 Å². The Morgan fingerprint density at radius 1 is 0.950 bits per heavy atom. The van der Waals surface area contributed by atoms with Gasteiger partial charge >= 0.3 is 0 Å². The number of allylic oxidation sites excluding steroid dienone is 1. The van der Waals surface area contributed by atoms with Crippen LogP contribution in [0.15, 0.2) is 66.9 Å². The average molecular weight is 265 g/mol. The van der Waals surface area contributed by atoms with E-state index < -0.39 is 0 Å².